The van der Waals surface area contributed by atoms with Crippen molar-refractivity contribution in [1.82, 2.24) is 5.32 Å². The summed E-state index contributed by atoms with van der Waals surface area (Å²) in [6, 6.07) is 13.7. The summed E-state index contributed by atoms with van der Waals surface area (Å²) in [5, 5.41) is 13.8. The molecular weight excluding hydrogens is 419 g/mol. The van der Waals surface area contributed by atoms with Crippen molar-refractivity contribution < 1.29 is 19.1 Å². The molecule has 1 heterocycles. The largest absolute Gasteiger partial charge is 0.342 e. The number of benzene rings is 2. The van der Waals surface area contributed by atoms with Crippen LogP contribution in [0.25, 0.3) is 16.2 Å². The van der Waals surface area contributed by atoms with E-state index >= 15 is 0 Å². The van der Waals surface area contributed by atoms with Crippen molar-refractivity contribution in [3.8, 4) is 6.07 Å². The second-order valence-corrected chi connectivity index (χ2v) is 8.94. The van der Waals surface area contributed by atoms with Gasteiger partial charge < -0.3 is 15.1 Å². The highest BCUT2D eigenvalue weighted by Crippen LogP contribution is 2.54. The summed E-state index contributed by atoms with van der Waals surface area (Å²) in [5.41, 5.74) is -0.300. The summed E-state index contributed by atoms with van der Waals surface area (Å²) >= 11 is 7.28. The van der Waals surface area contributed by atoms with E-state index in [0.717, 1.165) is 4.70 Å². The third kappa shape index (κ3) is 4.50. The zero-order valence-electron chi connectivity index (χ0n) is 14.2. The lowest BCUT2D eigenvalue weighted by atomic mass is 10.1. The standard InChI is InChI=1S/C19H14ClN2O4PS/c20-14-4-5-17-15(9-14)16(11-28-17)18(27(24,25)26)19(23)22-7-6-12-2-1-3-13(8-12)10-21/h1-9,11,18H,(H,22,23)(H2,24,25,26)/b7-6+. The molecule has 3 rings (SSSR count). The second-order valence-electron chi connectivity index (χ2n) is 5.90. The van der Waals surface area contributed by atoms with E-state index in [9.17, 15) is 19.1 Å². The summed E-state index contributed by atoms with van der Waals surface area (Å²) in [6.07, 6.45) is 2.83. The number of nitriles is 1. The molecule has 1 unspecified atom stereocenters. The highest BCUT2D eigenvalue weighted by atomic mass is 35.5. The maximum absolute atomic E-state index is 12.6. The van der Waals surface area contributed by atoms with Gasteiger partial charge in [-0.2, -0.15) is 5.26 Å². The number of nitrogens with zero attached hydrogens (tertiary/aromatic N) is 1. The van der Waals surface area contributed by atoms with Crippen molar-refractivity contribution in [2.45, 2.75) is 5.66 Å². The Morgan fingerprint density at radius 1 is 1.29 bits per heavy atom. The van der Waals surface area contributed by atoms with Crippen LogP contribution in [-0.4, -0.2) is 15.7 Å². The number of hydrogen-bond acceptors (Lipinski definition) is 4. The Balaban J connectivity index is 1.89. The van der Waals surface area contributed by atoms with Crippen LogP contribution in [0, 0.1) is 11.3 Å². The van der Waals surface area contributed by atoms with Crippen LogP contribution < -0.4 is 5.32 Å². The molecule has 0 radical (unpaired) electrons. The van der Waals surface area contributed by atoms with Crippen molar-refractivity contribution >= 4 is 52.6 Å². The maximum Gasteiger partial charge on any atom is 0.342 e. The SMILES string of the molecule is N#Cc1cccc(/C=C/NC(=O)C(c2csc3ccc(Cl)cc23)P(=O)(O)O)c1. The van der Waals surface area contributed by atoms with Crippen LogP contribution in [0.5, 0.6) is 0 Å². The molecule has 3 aromatic rings. The van der Waals surface area contributed by atoms with Crippen LogP contribution in [0.2, 0.25) is 5.02 Å². The molecule has 0 aliphatic heterocycles. The summed E-state index contributed by atoms with van der Waals surface area (Å²) in [6.45, 7) is 0. The molecule has 1 aromatic heterocycles. The summed E-state index contributed by atoms with van der Waals surface area (Å²) in [4.78, 5) is 32.2. The van der Waals surface area contributed by atoms with E-state index in [2.05, 4.69) is 5.32 Å². The number of amides is 1. The van der Waals surface area contributed by atoms with Crippen LogP contribution in [0.3, 0.4) is 0 Å². The van der Waals surface area contributed by atoms with Crippen LogP contribution in [0.4, 0.5) is 0 Å². The Morgan fingerprint density at radius 3 is 2.79 bits per heavy atom. The second kappa shape index (κ2) is 8.27. The Labute approximate surface area is 169 Å². The zero-order valence-corrected chi connectivity index (χ0v) is 16.7. The summed E-state index contributed by atoms with van der Waals surface area (Å²) in [5.74, 6) is -0.833. The number of hydrogen-bond donors (Lipinski definition) is 3. The van der Waals surface area contributed by atoms with E-state index in [0.29, 0.717) is 21.5 Å². The number of fused-ring (bicyclic) bond motifs is 1. The Bertz CT molecular complexity index is 1160. The van der Waals surface area contributed by atoms with Gasteiger partial charge in [0, 0.05) is 15.9 Å². The molecule has 1 atom stereocenters. The predicted octanol–water partition coefficient (Wildman–Crippen LogP) is 4.43. The van der Waals surface area contributed by atoms with Crippen molar-refractivity contribution in [2.24, 2.45) is 0 Å². The molecule has 0 fully saturated rings. The molecule has 1 amide bonds. The van der Waals surface area contributed by atoms with Crippen molar-refractivity contribution in [2.75, 3.05) is 0 Å². The molecular formula is C19H14ClN2O4PS. The normalized spacial score (nSPS) is 12.8. The number of rotatable bonds is 5. The fraction of sp³-hybridized carbons (Fsp3) is 0.0526. The minimum absolute atomic E-state index is 0.230. The first-order valence-electron chi connectivity index (χ1n) is 7.98. The average Bonchev–Trinajstić information content (AvgIpc) is 3.03. The Morgan fingerprint density at radius 2 is 2.07 bits per heavy atom. The molecule has 0 spiro atoms. The van der Waals surface area contributed by atoms with Crippen molar-refractivity contribution in [1.29, 1.82) is 5.26 Å². The molecule has 28 heavy (non-hydrogen) atoms. The number of thiophene rings is 1. The average molecular weight is 433 g/mol. The summed E-state index contributed by atoms with van der Waals surface area (Å²) < 4.78 is 12.8. The number of carbonyl (C=O) groups is 1. The first-order chi connectivity index (χ1) is 13.3. The van der Waals surface area contributed by atoms with E-state index in [1.54, 1.807) is 47.8 Å². The van der Waals surface area contributed by atoms with E-state index in [1.807, 2.05) is 6.07 Å². The van der Waals surface area contributed by atoms with Crippen molar-refractivity contribution in [3.05, 3.63) is 75.8 Å². The van der Waals surface area contributed by atoms with Crippen LogP contribution in [0.15, 0.2) is 54.0 Å². The lowest BCUT2D eigenvalue weighted by Gasteiger charge is -2.16. The smallest absolute Gasteiger partial charge is 0.332 e. The lowest BCUT2D eigenvalue weighted by molar-refractivity contribution is -0.120. The fourth-order valence-electron chi connectivity index (χ4n) is 2.72. The quantitative estimate of drug-likeness (QED) is 0.516. The molecule has 0 saturated heterocycles. The Kier molecular flexibility index (Phi) is 5.99. The van der Waals surface area contributed by atoms with Gasteiger partial charge in [-0.1, -0.05) is 23.7 Å². The molecule has 9 heteroatoms. The first kappa shape index (κ1) is 20.3. The Hall–Kier alpha value is -2.46. The van der Waals surface area contributed by atoms with Gasteiger partial charge in [-0.05, 0) is 58.3 Å². The minimum Gasteiger partial charge on any atom is -0.332 e. The van der Waals surface area contributed by atoms with E-state index in [4.69, 9.17) is 16.9 Å². The van der Waals surface area contributed by atoms with E-state index in [1.165, 1.54) is 23.6 Å². The van der Waals surface area contributed by atoms with E-state index < -0.39 is 19.2 Å². The molecule has 0 bridgehead atoms. The molecule has 142 valence electrons. The third-order valence-corrected chi connectivity index (χ3v) is 6.36. The van der Waals surface area contributed by atoms with Gasteiger partial charge in [-0.3, -0.25) is 9.36 Å². The fourth-order valence-corrected chi connectivity index (χ4v) is 4.92. The lowest BCUT2D eigenvalue weighted by Crippen LogP contribution is -2.25. The number of nitrogens with one attached hydrogen (secondary N) is 1. The third-order valence-electron chi connectivity index (χ3n) is 3.96. The van der Waals surface area contributed by atoms with Gasteiger partial charge in [0.25, 0.3) is 0 Å². The summed E-state index contributed by atoms with van der Waals surface area (Å²) in [7, 11) is -4.79. The van der Waals surface area contributed by atoms with Gasteiger partial charge in [0.05, 0.1) is 11.6 Å². The van der Waals surface area contributed by atoms with Gasteiger partial charge in [0.15, 0.2) is 5.66 Å². The topological polar surface area (TPSA) is 110 Å². The molecule has 0 aliphatic rings. The van der Waals surface area contributed by atoms with Crippen LogP contribution >= 0.6 is 30.5 Å². The van der Waals surface area contributed by atoms with Gasteiger partial charge in [0.2, 0.25) is 5.91 Å². The maximum atomic E-state index is 12.6. The van der Waals surface area contributed by atoms with Crippen molar-refractivity contribution in [3.63, 3.8) is 0 Å². The first-order valence-corrected chi connectivity index (χ1v) is 10.9. The number of halogens is 1. The molecule has 0 saturated carbocycles. The molecule has 6 nitrogen and oxygen atoms in total. The highest BCUT2D eigenvalue weighted by molar-refractivity contribution is 7.53. The molecule has 0 aliphatic carbocycles. The van der Waals surface area contributed by atoms with E-state index in [-0.39, 0.29) is 5.56 Å². The van der Waals surface area contributed by atoms with Crippen LogP contribution in [0.1, 0.15) is 22.3 Å². The minimum atomic E-state index is -4.79. The van der Waals surface area contributed by atoms with Gasteiger partial charge in [0.1, 0.15) is 0 Å². The van der Waals surface area contributed by atoms with Gasteiger partial charge in [-0.15, -0.1) is 11.3 Å². The van der Waals surface area contributed by atoms with Gasteiger partial charge >= 0.3 is 7.60 Å². The zero-order chi connectivity index (χ0) is 20.3. The van der Waals surface area contributed by atoms with Crippen LogP contribution in [-0.2, 0) is 9.36 Å². The molecule has 2 aromatic carbocycles. The predicted molar refractivity (Wildman–Crippen MR) is 110 cm³/mol. The number of carbonyl (C=O) groups excluding carboxylic acids is 1. The van der Waals surface area contributed by atoms with Gasteiger partial charge in [-0.25, -0.2) is 0 Å². The monoisotopic (exact) mass is 432 g/mol. The molecule has 3 N–H and O–H groups in total. The highest BCUT2D eigenvalue weighted by Gasteiger charge is 2.38.